The van der Waals surface area contributed by atoms with Gasteiger partial charge < -0.3 is 5.32 Å². The maximum Gasteiger partial charge on any atom is 0.0391 e. The van der Waals surface area contributed by atoms with Crippen molar-refractivity contribution in [3.63, 3.8) is 0 Å². The molecule has 1 aromatic heterocycles. The number of piperidine rings is 1. The van der Waals surface area contributed by atoms with Crippen LogP contribution in [0.4, 0.5) is 0 Å². The third kappa shape index (κ3) is 1.89. The molecule has 18 heavy (non-hydrogen) atoms. The maximum atomic E-state index is 4.13. The molecule has 0 saturated carbocycles. The summed E-state index contributed by atoms with van der Waals surface area (Å²) in [4.78, 5) is 4.13. The first kappa shape index (κ1) is 11.9. The van der Waals surface area contributed by atoms with Crippen molar-refractivity contribution in [2.24, 2.45) is 11.8 Å². The lowest BCUT2D eigenvalue weighted by Crippen LogP contribution is -2.55. The van der Waals surface area contributed by atoms with Crippen molar-refractivity contribution in [1.29, 1.82) is 0 Å². The van der Waals surface area contributed by atoms with Crippen LogP contribution in [0, 0.1) is 11.8 Å². The highest BCUT2D eigenvalue weighted by Gasteiger charge is 2.43. The fourth-order valence-corrected chi connectivity index (χ4v) is 3.56. The van der Waals surface area contributed by atoms with Crippen LogP contribution in [0.15, 0.2) is 36.2 Å². The molecule has 2 bridgehead atoms. The van der Waals surface area contributed by atoms with Gasteiger partial charge in [0, 0.05) is 24.0 Å². The summed E-state index contributed by atoms with van der Waals surface area (Å²) in [5.41, 5.74) is 3.15. The lowest BCUT2D eigenvalue weighted by molar-refractivity contribution is 0.109. The molecule has 3 rings (SSSR count). The van der Waals surface area contributed by atoms with Gasteiger partial charge in [-0.15, -0.1) is 0 Å². The van der Waals surface area contributed by atoms with Crippen LogP contribution in [0.5, 0.6) is 0 Å². The Hall–Kier alpha value is -1.15. The number of hydrogen-bond acceptors (Lipinski definition) is 2. The van der Waals surface area contributed by atoms with Crippen molar-refractivity contribution in [2.75, 3.05) is 0 Å². The van der Waals surface area contributed by atoms with E-state index in [1.807, 2.05) is 12.4 Å². The minimum atomic E-state index is 0.224. The average molecular weight is 242 g/mol. The molecule has 0 amide bonds. The predicted molar refractivity (Wildman–Crippen MR) is 74.2 cm³/mol. The topological polar surface area (TPSA) is 24.9 Å². The Morgan fingerprint density at radius 2 is 2.00 bits per heavy atom. The van der Waals surface area contributed by atoms with Crippen molar-refractivity contribution in [2.45, 2.75) is 45.2 Å². The molecule has 0 aromatic carbocycles. The molecule has 0 spiro atoms. The molecule has 0 unspecified atom stereocenters. The number of aromatic nitrogens is 1. The zero-order valence-corrected chi connectivity index (χ0v) is 11.5. The molecule has 2 nitrogen and oxygen atoms in total. The number of pyridine rings is 1. The molecule has 1 N–H and O–H groups in total. The van der Waals surface area contributed by atoms with E-state index in [0.29, 0.717) is 12.0 Å². The highest BCUT2D eigenvalue weighted by Crippen LogP contribution is 2.46. The monoisotopic (exact) mass is 242 g/mol. The van der Waals surface area contributed by atoms with Gasteiger partial charge in [0.25, 0.3) is 0 Å². The van der Waals surface area contributed by atoms with Crippen molar-refractivity contribution in [1.82, 2.24) is 10.3 Å². The Bertz CT molecular complexity index is 461. The lowest BCUT2D eigenvalue weighted by Gasteiger charge is -2.50. The van der Waals surface area contributed by atoms with Crippen molar-refractivity contribution in [3.8, 4) is 0 Å². The molecule has 1 saturated heterocycles. The van der Waals surface area contributed by atoms with Gasteiger partial charge in [0.15, 0.2) is 0 Å². The Kier molecular flexibility index (Phi) is 2.78. The highest BCUT2D eigenvalue weighted by atomic mass is 15.0. The van der Waals surface area contributed by atoms with E-state index in [9.17, 15) is 0 Å². The van der Waals surface area contributed by atoms with Crippen LogP contribution in [0.1, 0.15) is 45.2 Å². The molecule has 0 radical (unpaired) electrons. The third-order valence-corrected chi connectivity index (χ3v) is 4.86. The molecule has 96 valence electrons. The van der Waals surface area contributed by atoms with Gasteiger partial charge in [-0.1, -0.05) is 11.6 Å². The smallest absolute Gasteiger partial charge is 0.0391 e. The fraction of sp³-hybridized carbons (Fsp3) is 0.562. The van der Waals surface area contributed by atoms with Gasteiger partial charge in [-0.3, -0.25) is 4.98 Å². The van der Waals surface area contributed by atoms with E-state index in [4.69, 9.17) is 0 Å². The quantitative estimate of drug-likeness (QED) is 0.763. The number of rotatable bonds is 1. The van der Waals surface area contributed by atoms with E-state index in [0.717, 1.165) is 5.92 Å². The molecular weight excluding hydrogens is 220 g/mol. The van der Waals surface area contributed by atoms with Crippen molar-refractivity contribution < 1.29 is 0 Å². The molecule has 3 atom stereocenters. The van der Waals surface area contributed by atoms with E-state index in [-0.39, 0.29) is 5.54 Å². The molecule has 2 heterocycles. The van der Waals surface area contributed by atoms with Crippen LogP contribution in [0.2, 0.25) is 0 Å². The van der Waals surface area contributed by atoms with Crippen LogP contribution in [0.3, 0.4) is 0 Å². The first-order chi connectivity index (χ1) is 8.58. The molecule has 1 aliphatic heterocycles. The van der Waals surface area contributed by atoms with Crippen molar-refractivity contribution >= 4 is 0 Å². The lowest BCUT2D eigenvalue weighted by atomic mass is 9.65. The summed E-state index contributed by atoms with van der Waals surface area (Å²) in [6, 6.07) is 4.74. The highest BCUT2D eigenvalue weighted by molar-refractivity contribution is 5.26. The summed E-state index contributed by atoms with van der Waals surface area (Å²) in [5.74, 6) is 1.42. The third-order valence-electron chi connectivity index (χ3n) is 4.86. The van der Waals surface area contributed by atoms with Gasteiger partial charge in [-0.25, -0.2) is 0 Å². The second-order valence-corrected chi connectivity index (χ2v) is 6.35. The Morgan fingerprint density at radius 3 is 2.72 bits per heavy atom. The predicted octanol–water partition coefficient (Wildman–Crippen LogP) is 3.48. The van der Waals surface area contributed by atoms with Crippen LogP contribution < -0.4 is 5.32 Å². The van der Waals surface area contributed by atoms with Gasteiger partial charge in [0.1, 0.15) is 0 Å². The van der Waals surface area contributed by atoms with Crippen molar-refractivity contribution in [3.05, 3.63) is 41.7 Å². The van der Waals surface area contributed by atoms with Gasteiger partial charge in [0.2, 0.25) is 0 Å². The molecule has 2 aliphatic rings. The molecule has 1 aliphatic carbocycles. The normalized spacial score (nSPS) is 33.9. The van der Waals surface area contributed by atoms with E-state index in [2.05, 4.69) is 49.3 Å². The molecule has 1 fully saturated rings. The first-order valence-electron chi connectivity index (χ1n) is 6.92. The molecular formula is C16H22N2. The van der Waals surface area contributed by atoms with Gasteiger partial charge in [-0.05, 0) is 63.1 Å². The minimum Gasteiger partial charge on any atom is -0.304 e. The zero-order valence-electron chi connectivity index (χ0n) is 11.5. The number of hydrogen-bond donors (Lipinski definition) is 1. The second kappa shape index (κ2) is 4.20. The second-order valence-electron chi connectivity index (χ2n) is 6.35. The molecule has 1 aromatic rings. The Morgan fingerprint density at radius 1 is 1.28 bits per heavy atom. The minimum absolute atomic E-state index is 0.224. The van der Waals surface area contributed by atoms with E-state index in [1.165, 1.54) is 18.4 Å². The summed E-state index contributed by atoms with van der Waals surface area (Å²) in [5, 5.41) is 3.87. The van der Waals surface area contributed by atoms with Gasteiger partial charge in [0.05, 0.1) is 0 Å². The summed E-state index contributed by atoms with van der Waals surface area (Å²) >= 11 is 0. The number of allylic oxidation sites excluding steroid dienone is 1. The standard InChI is InChI=1S/C16H22N2/c1-11-4-5-13-10-14(11)15(18-16(13,2)3)12-6-8-17-9-7-12/h4,6-9,13-15,18H,5,10H2,1-3H3/t13-,14-,15+/m1/s1. The van der Waals surface area contributed by atoms with Crippen LogP contribution in [0.25, 0.3) is 0 Å². The summed E-state index contributed by atoms with van der Waals surface area (Å²) in [7, 11) is 0. The fourth-order valence-electron chi connectivity index (χ4n) is 3.56. The summed E-state index contributed by atoms with van der Waals surface area (Å²) < 4.78 is 0. The Labute approximate surface area is 110 Å². The number of nitrogens with zero attached hydrogens (tertiary/aromatic N) is 1. The zero-order chi connectivity index (χ0) is 12.8. The van der Waals surface area contributed by atoms with Crippen LogP contribution >= 0.6 is 0 Å². The average Bonchev–Trinajstić information content (AvgIpc) is 2.37. The number of fused-ring (bicyclic) bond motifs is 2. The SMILES string of the molecule is CC1=CC[C@@H]2C[C@H]1[C@H](c1ccncc1)NC2(C)C. The van der Waals surface area contributed by atoms with E-state index >= 15 is 0 Å². The van der Waals surface area contributed by atoms with E-state index < -0.39 is 0 Å². The van der Waals surface area contributed by atoms with Crippen LogP contribution in [-0.2, 0) is 0 Å². The summed E-state index contributed by atoms with van der Waals surface area (Å²) in [6.45, 7) is 6.97. The van der Waals surface area contributed by atoms with Gasteiger partial charge >= 0.3 is 0 Å². The molecule has 2 heteroatoms. The largest absolute Gasteiger partial charge is 0.304 e. The Balaban J connectivity index is 1.99. The summed E-state index contributed by atoms with van der Waals surface area (Å²) in [6.07, 6.45) is 8.80. The maximum absolute atomic E-state index is 4.13. The first-order valence-corrected chi connectivity index (χ1v) is 6.92. The van der Waals surface area contributed by atoms with Gasteiger partial charge in [-0.2, -0.15) is 0 Å². The number of nitrogens with one attached hydrogen (secondary N) is 1. The van der Waals surface area contributed by atoms with Crippen LogP contribution in [-0.4, -0.2) is 10.5 Å². The van der Waals surface area contributed by atoms with E-state index in [1.54, 1.807) is 5.57 Å².